The second-order valence-corrected chi connectivity index (χ2v) is 5.57. The Morgan fingerprint density at radius 2 is 1.88 bits per heavy atom. The number of carbonyl (C=O) groups is 1. The molecule has 0 aromatic heterocycles. The molecule has 0 radical (unpaired) electrons. The normalized spacial score (nSPS) is 10.1. The average Bonchev–Trinajstić information content (AvgIpc) is 2.52. The SMILES string of the molecule is COc1ccc(NC(=O)CNc2cc(Cl)cc(Cl)c2)c([N+](=O)[O-])c1. The lowest BCUT2D eigenvalue weighted by molar-refractivity contribution is -0.384. The van der Waals surface area contributed by atoms with E-state index in [0.717, 1.165) is 0 Å². The zero-order valence-electron chi connectivity index (χ0n) is 12.5. The molecule has 9 heteroatoms. The van der Waals surface area contributed by atoms with Gasteiger partial charge in [-0.3, -0.25) is 14.9 Å². The van der Waals surface area contributed by atoms with Gasteiger partial charge in [-0.25, -0.2) is 0 Å². The molecule has 0 aliphatic rings. The van der Waals surface area contributed by atoms with Gasteiger partial charge in [0.2, 0.25) is 5.91 Å². The number of anilines is 2. The number of rotatable bonds is 6. The van der Waals surface area contributed by atoms with E-state index in [2.05, 4.69) is 10.6 Å². The van der Waals surface area contributed by atoms with Crippen molar-refractivity contribution < 1.29 is 14.5 Å². The van der Waals surface area contributed by atoms with Gasteiger partial charge < -0.3 is 15.4 Å². The first kappa shape index (κ1) is 17.8. The predicted molar refractivity (Wildman–Crippen MR) is 93.2 cm³/mol. The van der Waals surface area contributed by atoms with Crippen molar-refractivity contribution >= 4 is 46.2 Å². The Balaban J connectivity index is 2.05. The van der Waals surface area contributed by atoms with Gasteiger partial charge in [-0.2, -0.15) is 0 Å². The summed E-state index contributed by atoms with van der Waals surface area (Å²) in [5.41, 5.74) is 0.386. The van der Waals surface area contributed by atoms with Crippen molar-refractivity contribution in [3.8, 4) is 5.75 Å². The van der Waals surface area contributed by atoms with Crippen LogP contribution in [0.1, 0.15) is 0 Å². The Morgan fingerprint density at radius 3 is 2.46 bits per heavy atom. The van der Waals surface area contributed by atoms with Gasteiger partial charge in [0.25, 0.3) is 5.69 Å². The van der Waals surface area contributed by atoms with Crippen LogP contribution in [-0.2, 0) is 4.79 Å². The summed E-state index contributed by atoms with van der Waals surface area (Å²) in [7, 11) is 1.40. The molecule has 0 bridgehead atoms. The maximum atomic E-state index is 12.0. The molecule has 1 amide bonds. The van der Waals surface area contributed by atoms with Gasteiger partial charge in [-0.1, -0.05) is 23.2 Å². The van der Waals surface area contributed by atoms with Crippen LogP contribution in [0, 0.1) is 10.1 Å². The predicted octanol–water partition coefficient (Wildman–Crippen LogP) is 3.96. The van der Waals surface area contributed by atoms with Crippen molar-refractivity contribution in [1.29, 1.82) is 0 Å². The standard InChI is InChI=1S/C15H13Cl2N3O4/c1-24-12-2-3-13(14(7-12)20(22)23)19-15(21)8-18-11-5-9(16)4-10(17)6-11/h2-7,18H,8H2,1H3,(H,19,21). The van der Waals surface area contributed by atoms with E-state index in [0.29, 0.717) is 21.5 Å². The number of carbonyl (C=O) groups excluding carboxylic acids is 1. The summed E-state index contributed by atoms with van der Waals surface area (Å²) in [4.78, 5) is 22.5. The van der Waals surface area contributed by atoms with Gasteiger partial charge in [0.05, 0.1) is 24.6 Å². The number of nitro groups is 1. The molecule has 0 aliphatic carbocycles. The third-order valence-electron chi connectivity index (χ3n) is 2.99. The van der Waals surface area contributed by atoms with Crippen LogP contribution in [0.2, 0.25) is 10.0 Å². The van der Waals surface area contributed by atoms with Gasteiger partial charge in [-0.15, -0.1) is 0 Å². The van der Waals surface area contributed by atoms with Gasteiger partial charge in [0.1, 0.15) is 11.4 Å². The highest BCUT2D eigenvalue weighted by Crippen LogP contribution is 2.29. The van der Waals surface area contributed by atoms with Gasteiger partial charge in [0.15, 0.2) is 0 Å². The van der Waals surface area contributed by atoms with Crippen LogP contribution in [0.3, 0.4) is 0 Å². The van der Waals surface area contributed by atoms with Crippen molar-refractivity contribution in [2.45, 2.75) is 0 Å². The van der Waals surface area contributed by atoms with Crippen LogP contribution in [0.25, 0.3) is 0 Å². The minimum atomic E-state index is -0.595. The van der Waals surface area contributed by atoms with E-state index in [9.17, 15) is 14.9 Å². The van der Waals surface area contributed by atoms with Crippen LogP contribution < -0.4 is 15.4 Å². The Labute approximate surface area is 147 Å². The first-order valence-electron chi connectivity index (χ1n) is 6.71. The number of nitrogens with one attached hydrogen (secondary N) is 2. The second-order valence-electron chi connectivity index (χ2n) is 4.70. The maximum absolute atomic E-state index is 12.0. The van der Waals surface area contributed by atoms with Crippen molar-refractivity contribution in [3.05, 3.63) is 56.6 Å². The Morgan fingerprint density at radius 1 is 1.21 bits per heavy atom. The fraction of sp³-hybridized carbons (Fsp3) is 0.133. The molecule has 0 spiro atoms. The molecule has 0 aliphatic heterocycles. The molecular formula is C15H13Cl2N3O4. The van der Waals surface area contributed by atoms with Crippen molar-refractivity contribution in [3.63, 3.8) is 0 Å². The summed E-state index contributed by atoms with van der Waals surface area (Å²) < 4.78 is 4.94. The molecular weight excluding hydrogens is 357 g/mol. The Hall–Kier alpha value is -2.51. The molecule has 2 N–H and O–H groups in total. The molecule has 2 aromatic rings. The number of halogens is 2. The van der Waals surface area contributed by atoms with Crippen LogP contribution >= 0.6 is 23.2 Å². The molecule has 0 fully saturated rings. The average molecular weight is 370 g/mol. The Kier molecular flexibility index (Phi) is 5.83. The van der Waals surface area contributed by atoms with E-state index in [1.54, 1.807) is 18.2 Å². The lowest BCUT2D eigenvalue weighted by Crippen LogP contribution is -2.22. The highest BCUT2D eigenvalue weighted by molar-refractivity contribution is 6.35. The van der Waals surface area contributed by atoms with Gasteiger partial charge in [0, 0.05) is 15.7 Å². The van der Waals surface area contributed by atoms with E-state index < -0.39 is 10.8 Å². The van der Waals surface area contributed by atoms with Crippen LogP contribution in [0.15, 0.2) is 36.4 Å². The fourth-order valence-electron chi connectivity index (χ4n) is 1.93. The lowest BCUT2D eigenvalue weighted by atomic mass is 10.2. The zero-order chi connectivity index (χ0) is 17.7. The van der Waals surface area contributed by atoms with Gasteiger partial charge >= 0.3 is 0 Å². The Bertz CT molecular complexity index is 763. The van der Waals surface area contributed by atoms with E-state index in [-0.39, 0.29) is 17.9 Å². The number of nitro benzene ring substituents is 1. The summed E-state index contributed by atoms with van der Waals surface area (Å²) in [5.74, 6) is -0.134. The molecule has 0 saturated carbocycles. The molecule has 0 saturated heterocycles. The quantitative estimate of drug-likeness (QED) is 0.593. The fourth-order valence-corrected chi connectivity index (χ4v) is 2.45. The summed E-state index contributed by atoms with van der Waals surface area (Å²) in [6.45, 7) is -0.111. The van der Waals surface area contributed by atoms with Crippen LogP contribution in [-0.4, -0.2) is 24.5 Å². The zero-order valence-corrected chi connectivity index (χ0v) is 14.0. The highest BCUT2D eigenvalue weighted by atomic mass is 35.5. The molecule has 126 valence electrons. The topological polar surface area (TPSA) is 93.5 Å². The van der Waals surface area contributed by atoms with Crippen molar-refractivity contribution in [2.24, 2.45) is 0 Å². The summed E-state index contributed by atoms with van der Waals surface area (Å²) in [6, 6.07) is 8.94. The number of ether oxygens (including phenoxy) is 1. The number of benzene rings is 2. The summed E-state index contributed by atoms with van der Waals surface area (Å²) in [6.07, 6.45) is 0. The monoisotopic (exact) mass is 369 g/mol. The largest absolute Gasteiger partial charge is 0.496 e. The molecule has 0 atom stereocenters. The molecule has 0 unspecified atom stereocenters. The van der Waals surface area contributed by atoms with E-state index >= 15 is 0 Å². The first-order valence-corrected chi connectivity index (χ1v) is 7.47. The summed E-state index contributed by atoms with van der Waals surface area (Å²) >= 11 is 11.7. The van der Waals surface area contributed by atoms with E-state index in [4.69, 9.17) is 27.9 Å². The number of hydrogen-bond acceptors (Lipinski definition) is 5. The van der Waals surface area contributed by atoms with Crippen molar-refractivity contribution in [1.82, 2.24) is 0 Å². The third-order valence-corrected chi connectivity index (χ3v) is 3.43. The number of hydrogen-bond donors (Lipinski definition) is 2. The molecule has 2 rings (SSSR count). The van der Waals surface area contributed by atoms with E-state index in [1.807, 2.05) is 0 Å². The van der Waals surface area contributed by atoms with Gasteiger partial charge in [-0.05, 0) is 30.3 Å². The number of methoxy groups -OCH3 is 1. The smallest absolute Gasteiger partial charge is 0.296 e. The van der Waals surface area contributed by atoms with E-state index in [1.165, 1.54) is 25.3 Å². The lowest BCUT2D eigenvalue weighted by Gasteiger charge is -2.09. The maximum Gasteiger partial charge on any atom is 0.296 e. The number of amides is 1. The molecule has 7 nitrogen and oxygen atoms in total. The third kappa shape index (κ3) is 4.74. The molecule has 2 aromatic carbocycles. The van der Waals surface area contributed by atoms with Crippen LogP contribution in [0.4, 0.5) is 17.1 Å². The number of nitrogens with zero attached hydrogens (tertiary/aromatic N) is 1. The van der Waals surface area contributed by atoms with Crippen LogP contribution in [0.5, 0.6) is 5.75 Å². The molecule has 0 heterocycles. The minimum Gasteiger partial charge on any atom is -0.496 e. The highest BCUT2D eigenvalue weighted by Gasteiger charge is 2.17. The minimum absolute atomic E-state index is 0.0803. The van der Waals surface area contributed by atoms with Crippen molar-refractivity contribution in [2.75, 3.05) is 24.3 Å². The summed E-state index contributed by atoms with van der Waals surface area (Å²) in [5, 5.41) is 17.3. The molecule has 24 heavy (non-hydrogen) atoms. The first-order chi connectivity index (χ1) is 11.4. The second kappa shape index (κ2) is 7.85.